The Bertz CT molecular complexity index is 728. The molecule has 152 valence electrons. The first-order chi connectivity index (χ1) is 12.6. The Hall–Kier alpha value is -1.74. The van der Waals surface area contributed by atoms with Crippen molar-refractivity contribution in [1.82, 2.24) is 15.1 Å². The van der Waals surface area contributed by atoms with E-state index in [1.807, 2.05) is 13.8 Å². The van der Waals surface area contributed by atoms with Gasteiger partial charge in [0, 0.05) is 12.0 Å². The minimum Gasteiger partial charge on any atom is -0.376 e. The molecule has 0 spiro atoms. The lowest BCUT2D eigenvalue weighted by molar-refractivity contribution is -0.120. The predicted molar refractivity (Wildman–Crippen MR) is 104 cm³/mol. The van der Waals surface area contributed by atoms with Gasteiger partial charge in [-0.15, -0.1) is 0 Å². The van der Waals surface area contributed by atoms with Gasteiger partial charge in [0.25, 0.3) is 0 Å². The molecule has 0 radical (unpaired) electrons. The molecule has 2 rings (SSSR count). The standard InChI is InChI=1S/C18H31N5O3S/c1-6-11(2)13(14(19)24)20-16(25)21-17-23(10-12-8-7-9-26-12)22-15(27-17)18(3,4)5/h11-13H,6-10H2,1-5H3,(H2,19,24)(H,20,25)/b21-17-/t11-,12+,13-/m0/s1. The Labute approximate surface area is 164 Å². The van der Waals surface area contributed by atoms with E-state index in [1.165, 1.54) is 11.3 Å². The smallest absolute Gasteiger partial charge is 0.344 e. The van der Waals surface area contributed by atoms with Crippen molar-refractivity contribution in [3.63, 3.8) is 0 Å². The van der Waals surface area contributed by atoms with E-state index in [9.17, 15) is 9.59 Å². The van der Waals surface area contributed by atoms with Crippen molar-refractivity contribution in [2.24, 2.45) is 16.6 Å². The van der Waals surface area contributed by atoms with Gasteiger partial charge in [-0.3, -0.25) is 4.79 Å². The largest absolute Gasteiger partial charge is 0.376 e. The highest BCUT2D eigenvalue weighted by Crippen LogP contribution is 2.22. The summed E-state index contributed by atoms with van der Waals surface area (Å²) in [6.07, 6.45) is 2.81. The first kappa shape index (κ1) is 21.6. The van der Waals surface area contributed by atoms with Gasteiger partial charge in [-0.05, 0) is 18.8 Å². The summed E-state index contributed by atoms with van der Waals surface area (Å²) < 4.78 is 7.43. The van der Waals surface area contributed by atoms with E-state index in [-0.39, 0.29) is 17.4 Å². The zero-order chi connectivity index (χ0) is 20.2. The first-order valence-corrected chi connectivity index (χ1v) is 10.3. The summed E-state index contributed by atoms with van der Waals surface area (Å²) in [6.45, 7) is 11.3. The highest BCUT2D eigenvalue weighted by Gasteiger charge is 2.25. The number of hydrogen-bond donors (Lipinski definition) is 2. The van der Waals surface area contributed by atoms with Gasteiger partial charge in [0.05, 0.1) is 12.6 Å². The second kappa shape index (κ2) is 8.97. The fourth-order valence-electron chi connectivity index (χ4n) is 2.78. The fraction of sp³-hybridized carbons (Fsp3) is 0.778. The van der Waals surface area contributed by atoms with E-state index in [4.69, 9.17) is 10.5 Å². The third kappa shape index (κ3) is 5.87. The molecule has 1 aromatic heterocycles. The van der Waals surface area contributed by atoms with Crippen molar-refractivity contribution in [1.29, 1.82) is 0 Å². The molecule has 0 saturated carbocycles. The lowest BCUT2D eigenvalue weighted by atomic mass is 9.98. The Morgan fingerprint density at radius 1 is 1.48 bits per heavy atom. The topological polar surface area (TPSA) is 112 Å². The SMILES string of the molecule is CC[C@H](C)[C@H](NC(=O)/N=c1\sc(C(C)(C)C)nn1C[C@H]1CCCO1)C(N)=O. The Kier molecular flexibility index (Phi) is 7.16. The number of urea groups is 1. The summed E-state index contributed by atoms with van der Waals surface area (Å²) in [5, 5.41) is 8.18. The van der Waals surface area contributed by atoms with Gasteiger partial charge in [-0.25, -0.2) is 9.48 Å². The van der Waals surface area contributed by atoms with Crippen LogP contribution in [0.15, 0.2) is 4.99 Å². The molecule has 3 atom stereocenters. The van der Waals surface area contributed by atoms with Crippen molar-refractivity contribution in [2.45, 2.75) is 78.0 Å². The molecule has 8 nitrogen and oxygen atoms in total. The fourth-order valence-corrected chi connectivity index (χ4v) is 3.75. The number of hydrogen-bond acceptors (Lipinski definition) is 5. The van der Waals surface area contributed by atoms with Gasteiger partial charge in [0.15, 0.2) is 0 Å². The Balaban J connectivity index is 2.29. The van der Waals surface area contributed by atoms with Crippen molar-refractivity contribution >= 4 is 23.3 Å². The number of primary amides is 1. The maximum Gasteiger partial charge on any atom is 0.344 e. The monoisotopic (exact) mass is 397 g/mol. The highest BCUT2D eigenvalue weighted by molar-refractivity contribution is 7.09. The molecule has 3 N–H and O–H groups in total. The van der Waals surface area contributed by atoms with Crippen LogP contribution in [-0.4, -0.2) is 40.5 Å². The van der Waals surface area contributed by atoms with Crippen LogP contribution in [0.3, 0.4) is 0 Å². The van der Waals surface area contributed by atoms with E-state index in [2.05, 4.69) is 36.2 Å². The number of amides is 3. The first-order valence-electron chi connectivity index (χ1n) is 9.46. The molecule has 0 aromatic carbocycles. The second-order valence-electron chi connectivity index (χ2n) is 8.08. The van der Waals surface area contributed by atoms with Crippen molar-refractivity contribution in [3.8, 4) is 0 Å². The quantitative estimate of drug-likeness (QED) is 0.764. The number of aromatic nitrogens is 2. The van der Waals surface area contributed by atoms with Gasteiger partial charge in [-0.2, -0.15) is 10.1 Å². The molecular weight excluding hydrogens is 366 g/mol. The van der Waals surface area contributed by atoms with Crippen LogP contribution >= 0.6 is 11.3 Å². The van der Waals surface area contributed by atoms with Crippen LogP contribution in [0.2, 0.25) is 0 Å². The molecule has 0 unspecified atom stereocenters. The molecule has 9 heteroatoms. The maximum atomic E-state index is 12.4. The molecule has 1 aromatic rings. The minimum atomic E-state index is -0.743. The average Bonchev–Trinajstić information content (AvgIpc) is 3.22. The van der Waals surface area contributed by atoms with E-state index >= 15 is 0 Å². The molecule has 1 aliphatic heterocycles. The highest BCUT2D eigenvalue weighted by atomic mass is 32.1. The van der Waals surface area contributed by atoms with Gasteiger partial charge in [0.1, 0.15) is 11.0 Å². The van der Waals surface area contributed by atoms with Crippen LogP contribution in [0.5, 0.6) is 0 Å². The Morgan fingerprint density at radius 2 is 2.19 bits per heavy atom. The summed E-state index contributed by atoms with van der Waals surface area (Å²) in [5.41, 5.74) is 5.27. The van der Waals surface area contributed by atoms with Crippen LogP contribution in [-0.2, 0) is 21.5 Å². The molecule has 1 fully saturated rings. The Morgan fingerprint density at radius 3 is 2.70 bits per heavy atom. The lowest BCUT2D eigenvalue weighted by Gasteiger charge is -2.19. The molecule has 27 heavy (non-hydrogen) atoms. The van der Waals surface area contributed by atoms with Crippen LogP contribution in [0.1, 0.15) is 58.9 Å². The summed E-state index contributed by atoms with van der Waals surface area (Å²) in [4.78, 5) is 28.8. The normalized spacial score (nSPS) is 20.5. The van der Waals surface area contributed by atoms with Gasteiger partial charge >= 0.3 is 6.03 Å². The van der Waals surface area contributed by atoms with Crippen LogP contribution in [0.4, 0.5) is 4.79 Å². The summed E-state index contributed by atoms with van der Waals surface area (Å²) in [7, 11) is 0. The van der Waals surface area contributed by atoms with E-state index in [0.29, 0.717) is 11.3 Å². The molecule has 0 bridgehead atoms. The number of nitrogens with one attached hydrogen (secondary N) is 1. The zero-order valence-electron chi connectivity index (χ0n) is 16.8. The number of rotatable bonds is 6. The van der Waals surface area contributed by atoms with Gasteiger partial charge in [-0.1, -0.05) is 52.4 Å². The summed E-state index contributed by atoms with van der Waals surface area (Å²) in [6, 6.07) is -1.32. The van der Waals surface area contributed by atoms with Crippen molar-refractivity contribution < 1.29 is 14.3 Å². The average molecular weight is 398 g/mol. The van der Waals surface area contributed by atoms with E-state index < -0.39 is 18.0 Å². The minimum absolute atomic E-state index is 0.0627. The van der Waals surface area contributed by atoms with Crippen LogP contribution in [0, 0.1) is 5.92 Å². The van der Waals surface area contributed by atoms with Crippen LogP contribution < -0.4 is 15.9 Å². The predicted octanol–water partition coefficient (Wildman–Crippen LogP) is 1.93. The number of ether oxygens (including phenoxy) is 1. The molecular formula is C18H31N5O3S. The van der Waals surface area contributed by atoms with Gasteiger partial charge in [0.2, 0.25) is 10.7 Å². The molecule has 1 aliphatic rings. The van der Waals surface area contributed by atoms with Crippen molar-refractivity contribution in [3.05, 3.63) is 9.81 Å². The van der Waals surface area contributed by atoms with E-state index in [0.717, 1.165) is 30.9 Å². The molecule has 1 saturated heterocycles. The number of carbonyl (C=O) groups excluding carboxylic acids is 2. The third-order valence-corrected chi connectivity index (χ3v) is 6.03. The van der Waals surface area contributed by atoms with Crippen LogP contribution in [0.25, 0.3) is 0 Å². The number of carbonyl (C=O) groups is 2. The van der Waals surface area contributed by atoms with Gasteiger partial charge < -0.3 is 15.8 Å². The number of nitrogens with two attached hydrogens (primary N) is 1. The molecule has 0 aliphatic carbocycles. The summed E-state index contributed by atoms with van der Waals surface area (Å²) >= 11 is 1.38. The zero-order valence-corrected chi connectivity index (χ0v) is 17.6. The second-order valence-corrected chi connectivity index (χ2v) is 9.04. The summed E-state index contributed by atoms with van der Waals surface area (Å²) in [5.74, 6) is -0.618. The lowest BCUT2D eigenvalue weighted by Crippen LogP contribution is -2.47. The molecule has 2 heterocycles. The van der Waals surface area contributed by atoms with E-state index in [1.54, 1.807) is 4.68 Å². The number of nitrogens with zero attached hydrogens (tertiary/aromatic N) is 3. The van der Waals surface area contributed by atoms with Crippen molar-refractivity contribution in [2.75, 3.05) is 6.61 Å². The molecule has 3 amide bonds. The third-order valence-electron chi connectivity index (χ3n) is 4.66. The maximum absolute atomic E-state index is 12.4.